The molecule has 0 radical (unpaired) electrons. The Morgan fingerprint density at radius 3 is 1.02 bits per heavy atom. The van der Waals surface area contributed by atoms with Crippen molar-refractivity contribution in [2.45, 2.75) is 77.6 Å². The summed E-state index contributed by atoms with van der Waals surface area (Å²) in [5, 5.41) is 2.93. The molecule has 0 fully saturated rings. The third kappa shape index (κ3) is 11.4. The van der Waals surface area contributed by atoms with Gasteiger partial charge >= 0.3 is 34.5 Å². The molecule has 0 aliphatic heterocycles. The minimum atomic E-state index is -0.936. The Labute approximate surface area is 266 Å². The van der Waals surface area contributed by atoms with Crippen molar-refractivity contribution in [3.63, 3.8) is 0 Å². The fourth-order valence-electron chi connectivity index (χ4n) is 5.62. The molecular weight excluding hydrogens is 669 g/mol. The first-order valence-electron chi connectivity index (χ1n) is 14.2. The second-order valence-electron chi connectivity index (χ2n) is 11.5. The van der Waals surface area contributed by atoms with Gasteiger partial charge in [0.05, 0.1) is 40.4 Å². The Morgan fingerprint density at radius 1 is 0.488 bits per heavy atom. The van der Waals surface area contributed by atoms with Crippen LogP contribution in [0.2, 0.25) is 22.2 Å². The van der Waals surface area contributed by atoms with Gasteiger partial charge in [0.1, 0.15) is 0 Å². The van der Waals surface area contributed by atoms with E-state index in [0.29, 0.717) is 0 Å². The summed E-state index contributed by atoms with van der Waals surface area (Å²) in [6.45, 7) is 18.7. The number of hydrogen-bond acceptors (Lipinski definition) is 4. The number of nitrogens with zero attached hydrogens (tertiary/aromatic N) is 4. The molecule has 222 valence electrons. The molecule has 4 heterocycles. The number of halogens is 2. The molecule has 9 heteroatoms. The fourth-order valence-corrected chi connectivity index (χ4v) is 12.9. The summed E-state index contributed by atoms with van der Waals surface area (Å²) in [6, 6.07) is 20.6. The van der Waals surface area contributed by atoms with E-state index in [2.05, 4.69) is 112 Å². The predicted octanol–water partition coefficient (Wildman–Crippen LogP) is 8.17. The second-order valence-corrected chi connectivity index (χ2v) is 22.9. The summed E-state index contributed by atoms with van der Waals surface area (Å²) >= 11 is -0.346. The second kappa shape index (κ2) is 18.7. The van der Waals surface area contributed by atoms with Crippen LogP contribution in [0, 0.1) is 0 Å². The van der Waals surface area contributed by atoms with Gasteiger partial charge in [0.2, 0.25) is 0 Å². The van der Waals surface area contributed by atoms with Gasteiger partial charge in [-0.15, -0.1) is 0 Å². The molecule has 0 spiro atoms. The molecule has 0 saturated heterocycles. The van der Waals surface area contributed by atoms with Crippen LogP contribution in [0.3, 0.4) is 0 Å². The van der Waals surface area contributed by atoms with E-state index in [1.807, 2.05) is 48.8 Å². The number of rotatable bonds is 8. The van der Waals surface area contributed by atoms with E-state index in [1.54, 1.807) is 0 Å². The summed E-state index contributed by atoms with van der Waals surface area (Å²) < 4.78 is 0. The van der Waals surface area contributed by atoms with Crippen LogP contribution < -0.4 is 10.4 Å². The molecule has 0 amide bonds. The van der Waals surface area contributed by atoms with Gasteiger partial charge in [-0.25, -0.2) is 0 Å². The SMILES string of the molecule is CC(C)[SiH](c1ccc(-c2ccccn2)nc1)C(C)C.CC(C)[SiH](c1ccc(-c2ccccn2)nc1)C(C)C.[Cl][Ru][Cl]. The van der Waals surface area contributed by atoms with E-state index >= 15 is 0 Å². The Bertz CT molecular complexity index is 1130. The van der Waals surface area contributed by atoms with Crippen molar-refractivity contribution in [3.8, 4) is 22.8 Å². The number of aromatic nitrogens is 4. The molecular formula is C32H44Cl2N4RuSi2. The Balaban J connectivity index is 0.000000262. The normalized spacial score (nSPS) is 11.2. The summed E-state index contributed by atoms with van der Waals surface area (Å²) in [7, 11) is 7.84. The average Bonchev–Trinajstić information content (AvgIpc) is 2.95. The van der Waals surface area contributed by atoms with Gasteiger partial charge in [-0.3, -0.25) is 19.9 Å². The third-order valence-electron chi connectivity index (χ3n) is 7.07. The summed E-state index contributed by atoms with van der Waals surface area (Å²) in [5.74, 6) is 0. The zero-order chi connectivity index (χ0) is 30.4. The molecule has 0 N–H and O–H groups in total. The van der Waals surface area contributed by atoms with Gasteiger partial charge in [0.25, 0.3) is 0 Å². The first kappa shape index (κ1) is 35.4. The molecule has 0 bridgehead atoms. The summed E-state index contributed by atoms with van der Waals surface area (Å²) in [5.41, 5.74) is 6.88. The Kier molecular flexibility index (Phi) is 16.2. The molecule has 0 aromatic carbocycles. The molecule has 0 saturated carbocycles. The van der Waals surface area contributed by atoms with E-state index in [9.17, 15) is 0 Å². The zero-order valence-corrected chi connectivity index (χ0v) is 31.0. The van der Waals surface area contributed by atoms with Crippen molar-refractivity contribution in [1.29, 1.82) is 0 Å². The molecule has 4 aromatic rings. The van der Waals surface area contributed by atoms with E-state index in [0.717, 1.165) is 44.9 Å². The first-order valence-corrected chi connectivity index (χ1v) is 22.5. The van der Waals surface area contributed by atoms with Gasteiger partial charge in [-0.05, 0) is 68.9 Å². The van der Waals surface area contributed by atoms with Gasteiger partial charge in [0, 0.05) is 24.8 Å². The van der Waals surface area contributed by atoms with Gasteiger partial charge < -0.3 is 0 Å². The van der Waals surface area contributed by atoms with E-state index in [-0.39, 0.29) is 15.1 Å². The molecule has 4 rings (SSSR count). The van der Waals surface area contributed by atoms with E-state index < -0.39 is 17.6 Å². The molecule has 4 aromatic heterocycles. The van der Waals surface area contributed by atoms with Crippen LogP contribution in [0.25, 0.3) is 22.8 Å². The van der Waals surface area contributed by atoms with Crippen LogP contribution in [0.4, 0.5) is 0 Å². The zero-order valence-electron chi connectivity index (χ0n) is 25.4. The Hall–Kier alpha value is -1.76. The monoisotopic (exact) mass is 712 g/mol. The average molecular weight is 713 g/mol. The molecule has 0 aliphatic rings. The van der Waals surface area contributed by atoms with Crippen molar-refractivity contribution >= 4 is 47.3 Å². The van der Waals surface area contributed by atoms with Crippen LogP contribution >= 0.6 is 19.4 Å². The van der Waals surface area contributed by atoms with Crippen molar-refractivity contribution in [2.24, 2.45) is 0 Å². The van der Waals surface area contributed by atoms with Crippen molar-refractivity contribution in [2.75, 3.05) is 0 Å². The maximum atomic E-state index is 4.85. The standard InChI is InChI=1S/2C16H22N2Si.2ClH.Ru/c2*1-12(2)19(13(3)4)14-8-9-16(18-11-14)15-7-5-6-10-17-15;;;/h2*5-13,19H,1-4H3;2*1H;/q;;;;+2/p-2. The minimum absolute atomic E-state index is 0.346. The Morgan fingerprint density at radius 2 is 0.805 bits per heavy atom. The third-order valence-corrected chi connectivity index (χ3v) is 15.0. The maximum absolute atomic E-state index is 4.85. The molecule has 0 aliphatic carbocycles. The summed E-state index contributed by atoms with van der Waals surface area (Å²) in [4.78, 5) is 17.9. The van der Waals surface area contributed by atoms with E-state index in [4.69, 9.17) is 19.4 Å². The molecule has 41 heavy (non-hydrogen) atoms. The van der Waals surface area contributed by atoms with Gasteiger partial charge in [-0.1, -0.05) is 79.7 Å². The van der Waals surface area contributed by atoms with Crippen LogP contribution in [0.15, 0.2) is 85.5 Å². The van der Waals surface area contributed by atoms with Crippen LogP contribution in [-0.4, -0.2) is 37.5 Å². The fraction of sp³-hybridized carbons (Fsp3) is 0.375. The first-order chi connectivity index (χ1) is 19.6. The molecule has 0 unspecified atom stereocenters. The topological polar surface area (TPSA) is 51.6 Å². The number of hydrogen-bond donors (Lipinski definition) is 0. The van der Waals surface area contributed by atoms with Gasteiger partial charge in [-0.2, -0.15) is 0 Å². The predicted molar refractivity (Wildman–Crippen MR) is 181 cm³/mol. The summed E-state index contributed by atoms with van der Waals surface area (Å²) in [6.07, 6.45) is 7.76. The van der Waals surface area contributed by atoms with Crippen molar-refractivity contribution in [1.82, 2.24) is 19.9 Å². The van der Waals surface area contributed by atoms with Gasteiger partial charge in [0.15, 0.2) is 0 Å². The quantitative estimate of drug-likeness (QED) is 0.173. The van der Waals surface area contributed by atoms with Crippen molar-refractivity contribution in [3.05, 3.63) is 85.5 Å². The van der Waals surface area contributed by atoms with Crippen molar-refractivity contribution < 1.29 is 15.1 Å². The van der Waals surface area contributed by atoms with Crippen LogP contribution in [0.1, 0.15) is 55.4 Å². The number of pyridine rings is 4. The molecule has 0 atom stereocenters. The van der Waals surface area contributed by atoms with Crippen LogP contribution in [-0.2, 0) is 15.1 Å². The van der Waals surface area contributed by atoms with E-state index in [1.165, 1.54) is 10.4 Å². The molecule has 4 nitrogen and oxygen atoms in total. The van der Waals surface area contributed by atoms with Crippen LogP contribution in [0.5, 0.6) is 0 Å².